The number of nitrogens with zero attached hydrogens (tertiary/aromatic N) is 2. The van der Waals surface area contributed by atoms with Crippen molar-refractivity contribution in [2.75, 3.05) is 19.6 Å². The maximum atomic E-state index is 13.7. The number of hydrogen-bond donors (Lipinski definition) is 1. The van der Waals surface area contributed by atoms with Crippen LogP contribution < -0.4 is 5.32 Å². The van der Waals surface area contributed by atoms with Crippen molar-refractivity contribution < 1.29 is 4.79 Å². The Balaban J connectivity index is 1.49. The van der Waals surface area contributed by atoms with Crippen molar-refractivity contribution >= 4 is 27.5 Å². The summed E-state index contributed by atoms with van der Waals surface area (Å²) in [4.78, 5) is 21.0. The Morgan fingerprint density at radius 3 is 2.50 bits per heavy atom. The molecular formula is C27H33N3OS. The van der Waals surface area contributed by atoms with E-state index in [9.17, 15) is 4.79 Å². The highest BCUT2D eigenvalue weighted by Gasteiger charge is 2.37. The van der Waals surface area contributed by atoms with Gasteiger partial charge in [-0.1, -0.05) is 54.1 Å². The fraction of sp³-hybridized carbons (Fsp3) is 0.407. The number of thiazole rings is 1. The predicted molar refractivity (Wildman–Crippen MR) is 134 cm³/mol. The monoisotopic (exact) mass is 447 g/mol. The van der Waals surface area contributed by atoms with E-state index in [2.05, 4.69) is 55.3 Å². The summed E-state index contributed by atoms with van der Waals surface area (Å²) in [5, 5.41) is 4.40. The van der Waals surface area contributed by atoms with E-state index in [1.54, 1.807) is 11.3 Å². The minimum Gasteiger partial charge on any atom is -0.352 e. The minimum absolute atomic E-state index is 0.103. The van der Waals surface area contributed by atoms with Crippen LogP contribution in [0.25, 0.3) is 10.2 Å². The summed E-state index contributed by atoms with van der Waals surface area (Å²) in [5.74, 6) is 0.103. The zero-order valence-electron chi connectivity index (χ0n) is 19.3. The number of likely N-dealkylation sites (tertiary alicyclic amines) is 1. The molecule has 168 valence electrons. The van der Waals surface area contributed by atoms with Gasteiger partial charge in [0.15, 0.2) is 0 Å². The van der Waals surface area contributed by atoms with Gasteiger partial charge in [0.1, 0.15) is 0 Å². The number of carbonyl (C=O) groups is 1. The molecule has 2 aromatic carbocycles. The maximum Gasteiger partial charge on any atom is 0.231 e. The Bertz CT molecular complexity index is 1050. The number of para-hydroxylation sites is 1. The molecule has 1 saturated heterocycles. The topological polar surface area (TPSA) is 45.2 Å². The lowest BCUT2D eigenvalue weighted by molar-refractivity contribution is -0.127. The highest BCUT2D eigenvalue weighted by Crippen LogP contribution is 2.32. The Hall–Kier alpha value is -2.50. The van der Waals surface area contributed by atoms with Crippen molar-refractivity contribution in [3.05, 3.63) is 76.8 Å². The Morgan fingerprint density at radius 1 is 1.12 bits per heavy atom. The van der Waals surface area contributed by atoms with Crippen molar-refractivity contribution in [2.24, 2.45) is 0 Å². The number of allylic oxidation sites excluding steroid dienone is 1. The van der Waals surface area contributed by atoms with E-state index in [4.69, 9.17) is 4.98 Å². The molecule has 0 radical (unpaired) electrons. The molecule has 0 spiro atoms. The van der Waals surface area contributed by atoms with Crippen molar-refractivity contribution in [1.29, 1.82) is 0 Å². The van der Waals surface area contributed by atoms with Crippen LogP contribution in [-0.2, 0) is 16.6 Å². The number of benzene rings is 2. The summed E-state index contributed by atoms with van der Waals surface area (Å²) in [6, 6.07) is 18.6. The fourth-order valence-corrected chi connectivity index (χ4v) is 5.46. The molecule has 3 aromatic rings. The van der Waals surface area contributed by atoms with Crippen molar-refractivity contribution in [3.8, 4) is 0 Å². The van der Waals surface area contributed by atoms with Crippen LogP contribution in [0.4, 0.5) is 0 Å². The number of hydrogen-bond acceptors (Lipinski definition) is 4. The van der Waals surface area contributed by atoms with Gasteiger partial charge < -0.3 is 5.32 Å². The second-order valence-electron chi connectivity index (χ2n) is 9.28. The second-order valence-corrected chi connectivity index (χ2v) is 10.4. The van der Waals surface area contributed by atoms with Crippen LogP contribution in [-0.4, -0.2) is 41.5 Å². The third-order valence-electron chi connectivity index (χ3n) is 6.44. The average molecular weight is 448 g/mol. The normalized spacial score (nSPS) is 17.1. The lowest BCUT2D eigenvalue weighted by atomic mass is 9.78. The van der Waals surface area contributed by atoms with E-state index in [0.29, 0.717) is 6.42 Å². The third-order valence-corrected chi connectivity index (χ3v) is 7.47. The van der Waals surface area contributed by atoms with Crippen molar-refractivity contribution in [2.45, 2.75) is 51.5 Å². The van der Waals surface area contributed by atoms with Gasteiger partial charge in [-0.25, -0.2) is 4.98 Å². The van der Waals surface area contributed by atoms with Gasteiger partial charge in [-0.15, -0.1) is 11.3 Å². The first kappa shape index (κ1) is 22.7. The summed E-state index contributed by atoms with van der Waals surface area (Å²) in [6.45, 7) is 9.39. The standard InChI is InChI=1S/C27H33N3OS/c1-20(2)13-16-30-17-14-22(15-18-30)28-26(31)27(3,21-9-5-4-6-10-21)19-25-29-23-11-7-8-12-24(23)32-25/h4-13,22H,14-19H2,1-3H3,(H,28,31). The first-order valence-corrected chi connectivity index (χ1v) is 12.3. The van der Waals surface area contributed by atoms with Gasteiger partial charge in [0.05, 0.1) is 20.6 Å². The zero-order valence-corrected chi connectivity index (χ0v) is 20.1. The molecule has 4 nitrogen and oxygen atoms in total. The van der Waals surface area contributed by atoms with Crippen molar-refractivity contribution in [3.63, 3.8) is 0 Å². The highest BCUT2D eigenvalue weighted by molar-refractivity contribution is 7.18. The number of amides is 1. The summed E-state index contributed by atoms with van der Waals surface area (Å²) in [7, 11) is 0. The van der Waals surface area contributed by atoms with Gasteiger partial charge in [0.25, 0.3) is 0 Å². The highest BCUT2D eigenvalue weighted by atomic mass is 32.1. The molecule has 0 bridgehead atoms. The SMILES string of the molecule is CC(C)=CCN1CCC(NC(=O)C(C)(Cc2nc3ccccc3s2)c2ccccc2)CC1. The van der Waals surface area contributed by atoms with E-state index >= 15 is 0 Å². The number of aromatic nitrogens is 1. The molecule has 1 aliphatic heterocycles. The minimum atomic E-state index is -0.658. The molecule has 0 aliphatic carbocycles. The first-order chi connectivity index (χ1) is 15.4. The van der Waals surface area contributed by atoms with Crippen LogP contribution in [0, 0.1) is 0 Å². The van der Waals surface area contributed by atoms with Crippen LogP contribution in [0.2, 0.25) is 0 Å². The summed E-state index contributed by atoms with van der Waals surface area (Å²) < 4.78 is 1.17. The molecule has 1 aliphatic rings. The van der Waals surface area contributed by atoms with Crippen LogP contribution in [0.1, 0.15) is 44.2 Å². The van der Waals surface area contributed by atoms with E-state index < -0.39 is 5.41 Å². The molecule has 1 amide bonds. The zero-order chi connectivity index (χ0) is 22.6. The number of carbonyl (C=O) groups excluding carboxylic acids is 1. The second kappa shape index (κ2) is 9.97. The number of fused-ring (bicyclic) bond motifs is 1. The number of nitrogens with one attached hydrogen (secondary N) is 1. The van der Waals surface area contributed by atoms with Gasteiger partial charge in [-0.3, -0.25) is 9.69 Å². The third kappa shape index (κ3) is 5.28. The molecule has 1 fully saturated rings. The summed E-state index contributed by atoms with van der Waals surface area (Å²) in [6.07, 6.45) is 4.87. The number of rotatable bonds is 7. The van der Waals surface area contributed by atoms with Crippen molar-refractivity contribution in [1.82, 2.24) is 15.2 Å². The maximum absolute atomic E-state index is 13.7. The first-order valence-electron chi connectivity index (χ1n) is 11.5. The molecule has 1 aromatic heterocycles. The van der Waals surface area contributed by atoms with Gasteiger partial charge in [-0.2, -0.15) is 0 Å². The van der Waals surface area contributed by atoms with Gasteiger partial charge in [-0.05, 0) is 51.3 Å². The number of piperidine rings is 1. The van der Waals surface area contributed by atoms with Crippen LogP contribution in [0.15, 0.2) is 66.2 Å². The van der Waals surface area contributed by atoms with Gasteiger partial charge >= 0.3 is 0 Å². The smallest absolute Gasteiger partial charge is 0.231 e. The van der Waals surface area contributed by atoms with E-state index in [-0.39, 0.29) is 11.9 Å². The van der Waals surface area contributed by atoms with Gasteiger partial charge in [0.2, 0.25) is 5.91 Å². The molecule has 4 rings (SSSR count). The Kier molecular flexibility index (Phi) is 7.07. The quantitative estimate of drug-likeness (QED) is 0.497. The van der Waals surface area contributed by atoms with Crippen LogP contribution in [0.3, 0.4) is 0 Å². The molecule has 1 N–H and O–H groups in total. The van der Waals surface area contributed by atoms with Gasteiger partial charge in [0, 0.05) is 32.1 Å². The molecule has 1 atom stereocenters. The molecule has 1 unspecified atom stereocenters. The lowest BCUT2D eigenvalue weighted by Gasteiger charge is -2.35. The predicted octanol–water partition coefficient (Wildman–Crippen LogP) is 5.34. The lowest BCUT2D eigenvalue weighted by Crippen LogP contribution is -2.51. The molecule has 2 heterocycles. The molecule has 32 heavy (non-hydrogen) atoms. The van der Waals surface area contributed by atoms with Crippen LogP contribution >= 0.6 is 11.3 Å². The Labute approximate surface area is 195 Å². The molecule has 0 saturated carbocycles. The Morgan fingerprint density at radius 2 is 1.81 bits per heavy atom. The fourth-order valence-electron chi connectivity index (χ4n) is 4.33. The summed E-state index contributed by atoms with van der Waals surface area (Å²) >= 11 is 1.69. The average Bonchev–Trinajstić information content (AvgIpc) is 3.21. The summed E-state index contributed by atoms with van der Waals surface area (Å²) in [5.41, 5.74) is 2.74. The largest absolute Gasteiger partial charge is 0.352 e. The van der Waals surface area contributed by atoms with Crippen LogP contribution in [0.5, 0.6) is 0 Å². The van der Waals surface area contributed by atoms with E-state index in [1.807, 2.05) is 36.4 Å². The molecular weight excluding hydrogens is 414 g/mol. The van der Waals surface area contributed by atoms with E-state index in [1.165, 1.54) is 10.3 Å². The van der Waals surface area contributed by atoms with E-state index in [0.717, 1.165) is 48.6 Å². The molecule has 5 heteroatoms.